The average Bonchev–Trinajstić information content (AvgIpc) is 2.31. The van der Waals surface area contributed by atoms with E-state index in [4.69, 9.17) is 4.74 Å². The van der Waals surface area contributed by atoms with Crippen LogP contribution in [0.3, 0.4) is 0 Å². The molecule has 114 valence electrons. The van der Waals surface area contributed by atoms with Crippen molar-refractivity contribution in [2.75, 3.05) is 0 Å². The largest absolute Gasteiger partial charge is 0.423 e. The Kier molecular flexibility index (Phi) is 3.77. The van der Waals surface area contributed by atoms with Gasteiger partial charge in [0.25, 0.3) is 0 Å². The van der Waals surface area contributed by atoms with Gasteiger partial charge in [0.1, 0.15) is 5.75 Å². The number of esters is 1. The van der Waals surface area contributed by atoms with Crippen LogP contribution in [0.2, 0.25) is 0 Å². The van der Waals surface area contributed by atoms with Crippen LogP contribution >= 0.6 is 0 Å². The second-order valence-corrected chi connectivity index (χ2v) is 7.86. The molecule has 2 bridgehead atoms. The lowest BCUT2D eigenvalue weighted by Crippen LogP contribution is -2.24. The van der Waals surface area contributed by atoms with E-state index < -0.39 is 0 Å². The molecular formula is C19H26O2. The Bertz CT molecular complexity index is 572. The number of hydrogen-bond donors (Lipinski definition) is 0. The van der Waals surface area contributed by atoms with E-state index in [1.165, 1.54) is 0 Å². The van der Waals surface area contributed by atoms with Crippen LogP contribution in [0.15, 0.2) is 17.7 Å². The molecule has 1 aromatic carbocycles. The van der Waals surface area contributed by atoms with Crippen LogP contribution in [0, 0.1) is 0 Å². The van der Waals surface area contributed by atoms with Crippen molar-refractivity contribution >= 4 is 12.0 Å². The minimum Gasteiger partial charge on any atom is -0.423 e. The lowest BCUT2D eigenvalue weighted by Gasteiger charge is -2.31. The number of rotatable bonds is 1. The fraction of sp³-hybridized carbons (Fsp3) is 0.526. The first kappa shape index (κ1) is 15.8. The molecule has 1 aromatic rings. The van der Waals surface area contributed by atoms with Gasteiger partial charge in [-0.2, -0.15) is 0 Å². The van der Waals surface area contributed by atoms with Crippen molar-refractivity contribution in [3.05, 3.63) is 34.4 Å². The van der Waals surface area contributed by atoms with E-state index in [0.29, 0.717) is 6.42 Å². The topological polar surface area (TPSA) is 26.3 Å². The number of carbonyl (C=O) groups excluding carboxylic acids is 1. The monoisotopic (exact) mass is 286 g/mol. The highest BCUT2D eigenvalue weighted by Gasteiger charge is 2.30. The Morgan fingerprint density at radius 2 is 1.43 bits per heavy atom. The molecule has 0 radical (unpaired) electrons. The zero-order valence-corrected chi connectivity index (χ0v) is 14.3. The van der Waals surface area contributed by atoms with Crippen LogP contribution in [0.4, 0.5) is 0 Å². The quantitative estimate of drug-likeness (QED) is 0.537. The van der Waals surface area contributed by atoms with Crippen molar-refractivity contribution in [1.82, 2.24) is 0 Å². The van der Waals surface area contributed by atoms with E-state index in [1.54, 1.807) is 0 Å². The highest BCUT2D eigenvalue weighted by molar-refractivity contribution is 5.96. The number of benzene rings is 1. The Morgan fingerprint density at radius 1 is 0.952 bits per heavy atom. The van der Waals surface area contributed by atoms with Gasteiger partial charge in [-0.15, -0.1) is 0 Å². The summed E-state index contributed by atoms with van der Waals surface area (Å²) in [5.74, 6) is 0.539. The van der Waals surface area contributed by atoms with Gasteiger partial charge in [0.05, 0.1) is 0 Å². The Morgan fingerprint density at radius 3 is 1.81 bits per heavy atom. The van der Waals surface area contributed by atoms with Crippen molar-refractivity contribution < 1.29 is 9.53 Å². The maximum absolute atomic E-state index is 12.4. The number of hydrogen-bond acceptors (Lipinski definition) is 2. The van der Waals surface area contributed by atoms with E-state index in [-0.39, 0.29) is 16.8 Å². The summed E-state index contributed by atoms with van der Waals surface area (Å²) < 4.78 is 5.82. The molecular weight excluding hydrogens is 260 g/mol. The average molecular weight is 286 g/mol. The predicted octanol–water partition coefficient (Wildman–Crippen LogP) is 4.99. The third kappa shape index (κ3) is 3.04. The maximum atomic E-state index is 12.4. The van der Waals surface area contributed by atoms with Gasteiger partial charge < -0.3 is 4.74 Å². The molecule has 0 aliphatic carbocycles. The van der Waals surface area contributed by atoms with Crippen molar-refractivity contribution in [3.63, 3.8) is 0 Å². The standard InChI is InChI=1S/C19H26O2/c1-8-13-9-12-10-14(18(2,3)4)16(21-17(13)20)15(11-12)19(5,6)7/h9-11H,8H2,1-7H3/b13-9-. The SMILES string of the molecule is CC/C1=C/c2cc(C(C)(C)C)c(c(C(C)(C)C)c2)OC1=O. The molecule has 2 heterocycles. The summed E-state index contributed by atoms with van der Waals surface area (Å²) in [5.41, 5.74) is 3.90. The van der Waals surface area contributed by atoms with Crippen molar-refractivity contribution in [2.24, 2.45) is 0 Å². The zero-order valence-electron chi connectivity index (χ0n) is 14.3. The predicted molar refractivity (Wildman–Crippen MR) is 87.7 cm³/mol. The molecule has 0 fully saturated rings. The van der Waals surface area contributed by atoms with Crippen LogP contribution in [0.1, 0.15) is 71.6 Å². The van der Waals surface area contributed by atoms with Gasteiger partial charge in [-0.05, 0) is 41.0 Å². The summed E-state index contributed by atoms with van der Waals surface area (Å²) in [7, 11) is 0. The molecule has 2 heteroatoms. The third-order valence-electron chi connectivity index (χ3n) is 3.91. The summed E-state index contributed by atoms with van der Waals surface area (Å²) in [5, 5.41) is 0. The first-order valence-corrected chi connectivity index (χ1v) is 7.66. The summed E-state index contributed by atoms with van der Waals surface area (Å²) in [6.45, 7) is 14.9. The number of fused-ring (bicyclic) bond motifs is 4. The second kappa shape index (κ2) is 5.01. The van der Waals surface area contributed by atoms with Gasteiger partial charge in [0.2, 0.25) is 0 Å². The van der Waals surface area contributed by atoms with Crippen molar-refractivity contribution in [2.45, 2.75) is 65.7 Å². The molecule has 21 heavy (non-hydrogen) atoms. The van der Waals surface area contributed by atoms with Crippen molar-refractivity contribution in [3.8, 4) is 5.75 Å². The molecule has 0 spiro atoms. The lowest BCUT2D eigenvalue weighted by molar-refractivity contribution is -0.130. The normalized spacial score (nSPS) is 17.9. The number of carbonyl (C=O) groups is 1. The van der Waals surface area contributed by atoms with Crippen LogP contribution in [-0.4, -0.2) is 5.97 Å². The zero-order chi connectivity index (χ0) is 16.0. The maximum Gasteiger partial charge on any atom is 0.339 e. The van der Waals surface area contributed by atoms with Crippen LogP contribution in [-0.2, 0) is 15.6 Å². The fourth-order valence-corrected chi connectivity index (χ4v) is 2.62. The second-order valence-electron chi connectivity index (χ2n) is 7.86. The van der Waals surface area contributed by atoms with E-state index in [1.807, 2.05) is 13.0 Å². The number of ether oxygens (including phenoxy) is 1. The van der Waals surface area contributed by atoms with Gasteiger partial charge in [0.15, 0.2) is 0 Å². The van der Waals surface area contributed by atoms with E-state index in [0.717, 1.165) is 28.0 Å². The third-order valence-corrected chi connectivity index (χ3v) is 3.91. The van der Waals surface area contributed by atoms with Crippen LogP contribution < -0.4 is 4.74 Å². The van der Waals surface area contributed by atoms with Crippen molar-refractivity contribution in [1.29, 1.82) is 0 Å². The smallest absolute Gasteiger partial charge is 0.339 e. The molecule has 3 rings (SSSR count). The summed E-state index contributed by atoms with van der Waals surface area (Å²) in [6.07, 6.45) is 2.66. The Labute approximate surface area is 128 Å². The molecule has 2 aliphatic rings. The fourth-order valence-electron chi connectivity index (χ4n) is 2.62. The first-order valence-electron chi connectivity index (χ1n) is 7.66. The molecule has 0 unspecified atom stereocenters. The molecule has 0 atom stereocenters. The van der Waals surface area contributed by atoms with E-state index in [9.17, 15) is 4.79 Å². The minimum atomic E-state index is -0.213. The summed E-state index contributed by atoms with van der Waals surface area (Å²) >= 11 is 0. The Balaban J connectivity index is 2.81. The Hall–Kier alpha value is -1.57. The molecule has 0 amide bonds. The van der Waals surface area contributed by atoms with E-state index >= 15 is 0 Å². The molecule has 0 N–H and O–H groups in total. The summed E-state index contributed by atoms with van der Waals surface area (Å²) in [4.78, 5) is 12.4. The lowest BCUT2D eigenvalue weighted by atomic mass is 9.78. The van der Waals surface area contributed by atoms with Gasteiger partial charge in [-0.3, -0.25) is 0 Å². The molecule has 0 aromatic heterocycles. The summed E-state index contributed by atoms with van der Waals surface area (Å²) in [6, 6.07) is 4.32. The van der Waals surface area contributed by atoms with Crippen LogP contribution in [0.25, 0.3) is 6.08 Å². The minimum absolute atomic E-state index is 0.0663. The van der Waals surface area contributed by atoms with Gasteiger partial charge >= 0.3 is 5.97 Å². The first-order chi connectivity index (χ1) is 9.54. The van der Waals surface area contributed by atoms with Gasteiger partial charge in [0, 0.05) is 16.7 Å². The molecule has 0 saturated carbocycles. The molecule has 2 aliphatic heterocycles. The highest BCUT2D eigenvalue weighted by atomic mass is 16.5. The van der Waals surface area contributed by atoms with Gasteiger partial charge in [-0.1, -0.05) is 48.5 Å². The molecule has 0 saturated heterocycles. The van der Waals surface area contributed by atoms with E-state index in [2.05, 4.69) is 53.7 Å². The highest BCUT2D eigenvalue weighted by Crippen LogP contribution is 2.42. The van der Waals surface area contributed by atoms with Gasteiger partial charge in [-0.25, -0.2) is 4.79 Å². The molecule has 2 nitrogen and oxygen atoms in total. The van der Waals surface area contributed by atoms with Crippen LogP contribution in [0.5, 0.6) is 5.75 Å².